The average Bonchev–Trinajstić information content (AvgIpc) is 2.16. The summed E-state index contributed by atoms with van der Waals surface area (Å²) in [4.78, 5) is 10.8. The van der Waals surface area contributed by atoms with Gasteiger partial charge >= 0.3 is 0 Å². The first kappa shape index (κ1) is 12.7. The Labute approximate surface area is 85.0 Å². The van der Waals surface area contributed by atoms with Gasteiger partial charge in [-0.15, -0.1) is 12.4 Å². The number of amides is 1. The van der Waals surface area contributed by atoms with Crippen LogP contribution in [0.2, 0.25) is 0 Å². The van der Waals surface area contributed by atoms with Crippen LogP contribution in [0.3, 0.4) is 0 Å². The first-order valence-corrected chi connectivity index (χ1v) is 4.53. The fraction of sp³-hybridized carbons (Fsp3) is 0.875. The van der Waals surface area contributed by atoms with Gasteiger partial charge in [-0.1, -0.05) is 6.42 Å². The van der Waals surface area contributed by atoms with Gasteiger partial charge in [0.25, 0.3) is 0 Å². The number of hydrogen-bond acceptors (Lipinski definition) is 3. The van der Waals surface area contributed by atoms with Crippen molar-refractivity contribution in [3.05, 3.63) is 0 Å². The van der Waals surface area contributed by atoms with Crippen molar-refractivity contribution in [3.63, 3.8) is 0 Å². The van der Waals surface area contributed by atoms with E-state index in [-0.39, 0.29) is 24.9 Å². The third-order valence-electron chi connectivity index (χ3n) is 2.14. The van der Waals surface area contributed by atoms with Crippen LogP contribution in [-0.2, 0) is 4.79 Å². The summed E-state index contributed by atoms with van der Waals surface area (Å²) in [6.07, 6.45) is 3.67. The molecule has 1 unspecified atom stereocenters. The Balaban J connectivity index is 0.00000144. The van der Waals surface area contributed by atoms with E-state index in [1.54, 1.807) is 0 Å². The van der Waals surface area contributed by atoms with Crippen LogP contribution in [0.1, 0.15) is 19.3 Å². The molecule has 0 bridgehead atoms. The second-order valence-electron chi connectivity index (χ2n) is 3.16. The van der Waals surface area contributed by atoms with Crippen molar-refractivity contribution in [1.82, 2.24) is 10.6 Å². The second-order valence-corrected chi connectivity index (χ2v) is 3.16. The lowest BCUT2D eigenvalue weighted by Crippen LogP contribution is -2.44. The molecule has 1 amide bonds. The predicted molar refractivity (Wildman–Crippen MR) is 55.0 cm³/mol. The molecular formula is C8H18ClN3O. The van der Waals surface area contributed by atoms with E-state index in [9.17, 15) is 4.79 Å². The Morgan fingerprint density at radius 2 is 2.31 bits per heavy atom. The highest BCUT2D eigenvalue weighted by Gasteiger charge is 2.12. The van der Waals surface area contributed by atoms with Gasteiger partial charge in [0.2, 0.25) is 5.91 Å². The zero-order valence-corrected chi connectivity index (χ0v) is 8.53. The molecule has 1 rings (SSSR count). The molecule has 1 aliphatic heterocycles. The molecule has 0 saturated carbocycles. The zero-order chi connectivity index (χ0) is 8.81. The van der Waals surface area contributed by atoms with E-state index in [0.29, 0.717) is 6.04 Å². The second kappa shape index (κ2) is 7.12. The van der Waals surface area contributed by atoms with Gasteiger partial charge in [0.1, 0.15) is 0 Å². The minimum atomic E-state index is -0.0672. The SMILES string of the molecule is Cl.NCC(=O)NCC1CCCCN1. The number of halogens is 1. The number of carbonyl (C=O) groups excluding carboxylic acids is 1. The summed E-state index contributed by atoms with van der Waals surface area (Å²) in [6.45, 7) is 1.88. The molecule has 0 aromatic heterocycles. The third kappa shape index (κ3) is 5.08. The molecular weight excluding hydrogens is 190 g/mol. The molecule has 0 aromatic rings. The molecule has 0 spiro atoms. The number of hydrogen-bond donors (Lipinski definition) is 3. The topological polar surface area (TPSA) is 67.2 Å². The van der Waals surface area contributed by atoms with Crippen LogP contribution < -0.4 is 16.4 Å². The van der Waals surface area contributed by atoms with Gasteiger partial charge in [0.15, 0.2) is 0 Å². The normalized spacial score (nSPS) is 21.8. The Hall–Kier alpha value is -0.320. The molecule has 1 aliphatic rings. The van der Waals surface area contributed by atoms with Gasteiger partial charge in [-0.25, -0.2) is 0 Å². The van der Waals surface area contributed by atoms with E-state index in [4.69, 9.17) is 5.73 Å². The van der Waals surface area contributed by atoms with Crippen molar-refractivity contribution in [2.24, 2.45) is 5.73 Å². The van der Waals surface area contributed by atoms with Crippen molar-refractivity contribution in [3.8, 4) is 0 Å². The van der Waals surface area contributed by atoms with Crippen molar-refractivity contribution in [2.45, 2.75) is 25.3 Å². The van der Waals surface area contributed by atoms with E-state index in [0.717, 1.165) is 19.5 Å². The fourth-order valence-electron chi connectivity index (χ4n) is 1.41. The van der Waals surface area contributed by atoms with Crippen LogP contribution >= 0.6 is 12.4 Å². The molecule has 1 fully saturated rings. The summed E-state index contributed by atoms with van der Waals surface area (Å²) in [5, 5.41) is 6.12. The monoisotopic (exact) mass is 207 g/mol. The van der Waals surface area contributed by atoms with Crippen molar-refractivity contribution < 1.29 is 4.79 Å². The van der Waals surface area contributed by atoms with E-state index in [1.165, 1.54) is 12.8 Å². The zero-order valence-electron chi connectivity index (χ0n) is 7.71. The lowest BCUT2D eigenvalue weighted by atomic mass is 10.1. The van der Waals surface area contributed by atoms with E-state index >= 15 is 0 Å². The molecule has 5 heteroatoms. The van der Waals surface area contributed by atoms with Crippen LogP contribution in [0.25, 0.3) is 0 Å². The number of piperidine rings is 1. The van der Waals surface area contributed by atoms with Crippen molar-refractivity contribution >= 4 is 18.3 Å². The summed E-state index contributed by atoms with van der Waals surface area (Å²) in [5.41, 5.74) is 5.16. The highest BCUT2D eigenvalue weighted by atomic mass is 35.5. The molecule has 78 valence electrons. The molecule has 0 radical (unpaired) electrons. The molecule has 1 heterocycles. The summed E-state index contributed by atoms with van der Waals surface area (Å²) >= 11 is 0. The van der Waals surface area contributed by atoms with Crippen LogP contribution in [0.4, 0.5) is 0 Å². The van der Waals surface area contributed by atoms with Crippen LogP contribution in [0.5, 0.6) is 0 Å². The quantitative estimate of drug-likeness (QED) is 0.592. The minimum absolute atomic E-state index is 0. The minimum Gasteiger partial charge on any atom is -0.353 e. The van der Waals surface area contributed by atoms with Crippen molar-refractivity contribution in [1.29, 1.82) is 0 Å². The van der Waals surface area contributed by atoms with Gasteiger partial charge in [0.05, 0.1) is 6.54 Å². The Kier molecular flexibility index (Phi) is 6.94. The fourth-order valence-corrected chi connectivity index (χ4v) is 1.41. The highest BCUT2D eigenvalue weighted by Crippen LogP contribution is 2.05. The lowest BCUT2D eigenvalue weighted by molar-refractivity contribution is -0.119. The molecule has 4 N–H and O–H groups in total. The maximum absolute atomic E-state index is 10.8. The summed E-state index contributed by atoms with van der Waals surface area (Å²) < 4.78 is 0. The maximum atomic E-state index is 10.8. The van der Waals surface area contributed by atoms with Crippen LogP contribution in [-0.4, -0.2) is 31.6 Å². The summed E-state index contributed by atoms with van der Waals surface area (Å²) in [5.74, 6) is -0.0672. The molecule has 1 atom stereocenters. The van der Waals surface area contributed by atoms with Gasteiger partial charge in [-0.05, 0) is 19.4 Å². The number of nitrogens with one attached hydrogen (secondary N) is 2. The third-order valence-corrected chi connectivity index (χ3v) is 2.14. The first-order valence-electron chi connectivity index (χ1n) is 4.53. The highest BCUT2D eigenvalue weighted by molar-refractivity contribution is 5.85. The molecule has 4 nitrogen and oxygen atoms in total. The predicted octanol–water partition coefficient (Wildman–Crippen LogP) is -0.375. The van der Waals surface area contributed by atoms with Crippen molar-refractivity contribution in [2.75, 3.05) is 19.6 Å². The summed E-state index contributed by atoms with van der Waals surface area (Å²) in [6, 6.07) is 0.453. The maximum Gasteiger partial charge on any atom is 0.233 e. The van der Waals surface area contributed by atoms with Crippen LogP contribution in [0, 0.1) is 0 Å². The average molecular weight is 208 g/mol. The number of carbonyl (C=O) groups is 1. The molecule has 0 aliphatic carbocycles. The van der Waals surface area contributed by atoms with E-state index in [1.807, 2.05) is 0 Å². The Bertz CT molecular complexity index is 148. The number of nitrogens with two attached hydrogens (primary N) is 1. The van der Waals surface area contributed by atoms with Gasteiger partial charge < -0.3 is 16.4 Å². The molecule has 13 heavy (non-hydrogen) atoms. The summed E-state index contributed by atoms with van der Waals surface area (Å²) in [7, 11) is 0. The van der Waals surface area contributed by atoms with Gasteiger partial charge in [-0.3, -0.25) is 4.79 Å². The Morgan fingerprint density at radius 3 is 2.85 bits per heavy atom. The lowest BCUT2D eigenvalue weighted by Gasteiger charge is -2.23. The van der Waals surface area contributed by atoms with Gasteiger partial charge in [-0.2, -0.15) is 0 Å². The Morgan fingerprint density at radius 1 is 1.54 bits per heavy atom. The smallest absolute Gasteiger partial charge is 0.233 e. The molecule has 0 aromatic carbocycles. The number of rotatable bonds is 3. The van der Waals surface area contributed by atoms with E-state index in [2.05, 4.69) is 10.6 Å². The van der Waals surface area contributed by atoms with E-state index < -0.39 is 0 Å². The largest absolute Gasteiger partial charge is 0.353 e. The first-order chi connectivity index (χ1) is 5.83. The standard InChI is InChI=1S/C8H17N3O.ClH/c9-5-8(12)11-6-7-3-1-2-4-10-7;/h7,10H,1-6,9H2,(H,11,12);1H. The molecule has 1 saturated heterocycles. The van der Waals surface area contributed by atoms with Crippen LogP contribution in [0.15, 0.2) is 0 Å². The van der Waals surface area contributed by atoms with Gasteiger partial charge in [0, 0.05) is 12.6 Å².